The molecular formula is C20H29N3O3. The van der Waals surface area contributed by atoms with Crippen LogP contribution >= 0.6 is 0 Å². The minimum atomic E-state index is -0.996. The number of fused-ring (bicyclic) bond motifs is 1. The minimum absolute atomic E-state index is 0.00751. The predicted octanol–water partition coefficient (Wildman–Crippen LogP) is 2.61. The molecule has 3 rings (SSSR count). The topological polar surface area (TPSA) is 75.9 Å². The summed E-state index contributed by atoms with van der Waals surface area (Å²) in [7, 11) is 0. The molecular weight excluding hydrogens is 330 g/mol. The van der Waals surface area contributed by atoms with Crippen LogP contribution in [0, 0.1) is 0 Å². The van der Waals surface area contributed by atoms with Crippen molar-refractivity contribution in [1.29, 1.82) is 0 Å². The number of amides is 2. The third-order valence-corrected chi connectivity index (χ3v) is 5.27. The molecule has 1 saturated heterocycles. The number of piperidine rings is 1. The van der Waals surface area contributed by atoms with Crippen LogP contribution < -0.4 is 15.4 Å². The monoisotopic (exact) mass is 359 g/mol. The number of rotatable bonds is 4. The van der Waals surface area contributed by atoms with Gasteiger partial charge in [0.05, 0.1) is 5.69 Å². The van der Waals surface area contributed by atoms with Crippen molar-refractivity contribution in [1.82, 2.24) is 4.90 Å². The maximum Gasteiger partial charge on any atom is 0.271 e. The van der Waals surface area contributed by atoms with E-state index in [-0.39, 0.29) is 24.4 Å². The molecule has 0 aliphatic carbocycles. The van der Waals surface area contributed by atoms with Crippen LogP contribution in [-0.2, 0) is 9.59 Å². The lowest BCUT2D eigenvalue weighted by atomic mass is 9.99. The van der Waals surface area contributed by atoms with Gasteiger partial charge in [0.25, 0.3) is 5.91 Å². The highest BCUT2D eigenvalue weighted by Crippen LogP contribution is 2.39. The summed E-state index contributed by atoms with van der Waals surface area (Å²) in [5.41, 5.74) is 6.75. The number of carbonyl (C=O) groups is 2. The molecule has 2 aliphatic rings. The van der Waals surface area contributed by atoms with Crippen molar-refractivity contribution < 1.29 is 14.3 Å². The first-order valence-corrected chi connectivity index (χ1v) is 9.51. The summed E-state index contributed by atoms with van der Waals surface area (Å²) < 4.78 is 5.90. The molecule has 2 amide bonds. The van der Waals surface area contributed by atoms with E-state index in [4.69, 9.17) is 10.5 Å². The van der Waals surface area contributed by atoms with Gasteiger partial charge in [-0.25, -0.2) is 0 Å². The second-order valence-corrected chi connectivity index (χ2v) is 7.69. The molecule has 142 valence electrons. The minimum Gasteiger partial charge on any atom is -0.476 e. The van der Waals surface area contributed by atoms with E-state index in [9.17, 15) is 9.59 Å². The Hall–Kier alpha value is -2.08. The Labute approximate surface area is 155 Å². The van der Waals surface area contributed by atoms with Gasteiger partial charge in [0.1, 0.15) is 12.3 Å². The maximum absolute atomic E-state index is 13.0. The number of ether oxygens (including phenoxy) is 1. The summed E-state index contributed by atoms with van der Waals surface area (Å²) in [6.07, 6.45) is 4.01. The number of likely N-dealkylation sites (tertiary alicyclic amines) is 1. The number of carbonyl (C=O) groups excluding carboxylic acids is 2. The third-order valence-electron chi connectivity index (χ3n) is 5.27. The molecule has 1 aromatic carbocycles. The molecule has 1 unspecified atom stereocenters. The smallest absolute Gasteiger partial charge is 0.271 e. The molecule has 1 aromatic rings. The number of hydrogen-bond donors (Lipinski definition) is 1. The zero-order valence-electron chi connectivity index (χ0n) is 16.0. The van der Waals surface area contributed by atoms with E-state index >= 15 is 0 Å². The summed E-state index contributed by atoms with van der Waals surface area (Å²) in [5, 5.41) is 0. The normalized spacial score (nSPS) is 20.4. The van der Waals surface area contributed by atoms with Gasteiger partial charge in [-0.1, -0.05) is 13.0 Å². The van der Waals surface area contributed by atoms with Crippen molar-refractivity contribution in [3.8, 4) is 5.75 Å². The van der Waals surface area contributed by atoms with Gasteiger partial charge in [-0.3, -0.25) is 14.5 Å². The molecule has 0 aromatic heterocycles. The first kappa shape index (κ1) is 18.7. The largest absolute Gasteiger partial charge is 0.476 e. The van der Waals surface area contributed by atoms with Gasteiger partial charge in [-0.05, 0) is 57.2 Å². The van der Waals surface area contributed by atoms with E-state index in [0.717, 1.165) is 44.3 Å². The molecule has 2 heterocycles. The molecule has 0 bridgehead atoms. The van der Waals surface area contributed by atoms with Gasteiger partial charge in [-0.2, -0.15) is 0 Å². The molecule has 6 heteroatoms. The van der Waals surface area contributed by atoms with Crippen molar-refractivity contribution in [2.45, 2.75) is 58.1 Å². The summed E-state index contributed by atoms with van der Waals surface area (Å²) >= 11 is 0. The number of hydrogen-bond acceptors (Lipinski definition) is 4. The Kier molecular flexibility index (Phi) is 5.23. The molecule has 0 saturated carbocycles. The SMILES string of the molecule is CCC(N)c1ccc2c(c1)N(CC(=O)N1CCCCC1)C(=O)C(C)(C)O2. The Bertz CT molecular complexity index is 696. The van der Waals surface area contributed by atoms with Gasteiger partial charge in [0.15, 0.2) is 5.60 Å². The lowest BCUT2D eigenvalue weighted by molar-refractivity contribution is -0.137. The molecule has 2 N–H and O–H groups in total. The first-order chi connectivity index (χ1) is 12.3. The average molecular weight is 359 g/mol. The summed E-state index contributed by atoms with van der Waals surface area (Å²) in [5.74, 6) is 0.414. The Morgan fingerprint density at radius 1 is 1.27 bits per heavy atom. The van der Waals surface area contributed by atoms with Gasteiger partial charge in [-0.15, -0.1) is 0 Å². The fraction of sp³-hybridized carbons (Fsp3) is 0.600. The fourth-order valence-electron chi connectivity index (χ4n) is 3.59. The summed E-state index contributed by atoms with van der Waals surface area (Å²) in [4.78, 5) is 29.2. The number of anilines is 1. The lowest BCUT2D eigenvalue weighted by Gasteiger charge is -2.39. The molecule has 0 radical (unpaired) electrons. The zero-order chi connectivity index (χ0) is 18.9. The van der Waals surface area contributed by atoms with E-state index in [1.54, 1.807) is 18.7 Å². The lowest BCUT2D eigenvalue weighted by Crippen LogP contribution is -2.55. The average Bonchev–Trinajstić information content (AvgIpc) is 2.64. The van der Waals surface area contributed by atoms with Crippen molar-refractivity contribution in [2.24, 2.45) is 5.73 Å². The highest BCUT2D eigenvalue weighted by atomic mass is 16.5. The zero-order valence-corrected chi connectivity index (χ0v) is 16.0. The number of nitrogens with two attached hydrogens (primary N) is 1. The van der Waals surface area contributed by atoms with Crippen LogP contribution in [0.15, 0.2) is 18.2 Å². The van der Waals surface area contributed by atoms with Crippen molar-refractivity contribution in [2.75, 3.05) is 24.5 Å². The van der Waals surface area contributed by atoms with Crippen molar-refractivity contribution >= 4 is 17.5 Å². The number of benzene rings is 1. The Morgan fingerprint density at radius 3 is 2.62 bits per heavy atom. The van der Waals surface area contributed by atoms with Crippen LogP contribution in [0.3, 0.4) is 0 Å². The molecule has 6 nitrogen and oxygen atoms in total. The molecule has 26 heavy (non-hydrogen) atoms. The van der Waals surface area contributed by atoms with E-state index in [0.29, 0.717) is 11.4 Å². The molecule has 2 aliphatic heterocycles. The van der Waals surface area contributed by atoms with E-state index in [1.165, 1.54) is 0 Å². The first-order valence-electron chi connectivity index (χ1n) is 9.51. The van der Waals surface area contributed by atoms with Crippen LogP contribution in [0.25, 0.3) is 0 Å². The van der Waals surface area contributed by atoms with Crippen LogP contribution in [0.4, 0.5) is 5.69 Å². The molecule has 1 atom stereocenters. The van der Waals surface area contributed by atoms with E-state index in [2.05, 4.69) is 0 Å². The highest BCUT2D eigenvalue weighted by molar-refractivity contribution is 6.05. The van der Waals surface area contributed by atoms with Gasteiger partial charge in [0, 0.05) is 19.1 Å². The predicted molar refractivity (Wildman–Crippen MR) is 101 cm³/mol. The van der Waals surface area contributed by atoms with E-state index in [1.807, 2.05) is 30.0 Å². The maximum atomic E-state index is 13.0. The Morgan fingerprint density at radius 2 is 1.96 bits per heavy atom. The second-order valence-electron chi connectivity index (χ2n) is 7.69. The fourth-order valence-corrected chi connectivity index (χ4v) is 3.59. The molecule has 1 fully saturated rings. The summed E-state index contributed by atoms with van der Waals surface area (Å²) in [6.45, 7) is 7.09. The van der Waals surface area contributed by atoms with Crippen molar-refractivity contribution in [3.05, 3.63) is 23.8 Å². The van der Waals surface area contributed by atoms with Crippen LogP contribution in [-0.4, -0.2) is 41.9 Å². The van der Waals surface area contributed by atoms with Gasteiger partial charge < -0.3 is 15.4 Å². The number of nitrogens with zero attached hydrogens (tertiary/aromatic N) is 2. The van der Waals surface area contributed by atoms with Crippen LogP contribution in [0.5, 0.6) is 5.75 Å². The van der Waals surface area contributed by atoms with E-state index < -0.39 is 5.60 Å². The van der Waals surface area contributed by atoms with Crippen LogP contribution in [0.1, 0.15) is 58.1 Å². The summed E-state index contributed by atoms with van der Waals surface area (Å²) in [6, 6.07) is 5.57. The quantitative estimate of drug-likeness (QED) is 0.897. The third kappa shape index (κ3) is 3.56. The van der Waals surface area contributed by atoms with Gasteiger partial charge in [0.2, 0.25) is 5.91 Å². The second kappa shape index (κ2) is 7.27. The standard InChI is InChI=1S/C20H29N3O3/c1-4-15(21)14-8-9-17-16(12-14)23(19(25)20(2,3)26-17)13-18(24)22-10-6-5-7-11-22/h8-9,12,15H,4-7,10-11,13,21H2,1-3H3. The van der Waals surface area contributed by atoms with Crippen LogP contribution in [0.2, 0.25) is 0 Å². The van der Waals surface area contributed by atoms with Gasteiger partial charge >= 0.3 is 0 Å². The van der Waals surface area contributed by atoms with Crippen molar-refractivity contribution in [3.63, 3.8) is 0 Å². The highest BCUT2D eigenvalue weighted by Gasteiger charge is 2.42. The Balaban J connectivity index is 1.92. The molecule has 0 spiro atoms.